The molecule has 0 saturated heterocycles. The van der Waals surface area contributed by atoms with E-state index in [-0.39, 0.29) is 11.3 Å². The molecule has 0 aliphatic heterocycles. The summed E-state index contributed by atoms with van der Waals surface area (Å²) in [6.07, 6.45) is 1.87. The average molecular weight is 543 g/mol. The van der Waals surface area contributed by atoms with Crippen molar-refractivity contribution in [2.24, 2.45) is 5.73 Å². The van der Waals surface area contributed by atoms with Gasteiger partial charge in [0.2, 0.25) is 5.78 Å². The zero-order valence-electron chi connectivity index (χ0n) is 22.0. The van der Waals surface area contributed by atoms with Crippen LogP contribution in [0.5, 0.6) is 0 Å². The van der Waals surface area contributed by atoms with Crippen molar-refractivity contribution < 1.29 is 14.7 Å². The van der Waals surface area contributed by atoms with Crippen molar-refractivity contribution >= 4 is 51.3 Å². The number of aryl methyl sites for hydroxylation is 4. The Bertz CT molecular complexity index is 1770. The first kappa shape index (κ1) is 25.8. The highest BCUT2D eigenvalue weighted by Gasteiger charge is 2.28. The smallest absolute Gasteiger partial charge is 0.341 e. The number of nitrogens with zero attached hydrogens (tertiary/aromatic N) is 6. The molecule has 0 unspecified atom stereocenters. The minimum Gasteiger partial charge on any atom is -0.477 e. The molecular formula is C27H26N8O3S. The van der Waals surface area contributed by atoms with Crippen molar-refractivity contribution in [1.29, 1.82) is 0 Å². The van der Waals surface area contributed by atoms with E-state index in [1.165, 1.54) is 11.3 Å². The number of nitrogens with one attached hydrogen (secondary N) is 1. The highest BCUT2D eigenvalue weighted by atomic mass is 32.1. The summed E-state index contributed by atoms with van der Waals surface area (Å²) in [6, 6.07) is 11.4. The van der Waals surface area contributed by atoms with E-state index in [1.54, 1.807) is 44.5 Å². The summed E-state index contributed by atoms with van der Waals surface area (Å²) in [5.41, 5.74) is 10.2. The molecule has 0 radical (unpaired) electrons. The van der Waals surface area contributed by atoms with E-state index in [9.17, 15) is 14.7 Å². The molecule has 3 heterocycles. The number of carbonyl (C=O) groups is 2. The molecule has 5 aromatic rings. The molecule has 198 valence electrons. The Kier molecular flexibility index (Phi) is 6.48. The van der Waals surface area contributed by atoms with Gasteiger partial charge in [-0.15, -0.1) is 11.3 Å². The van der Waals surface area contributed by atoms with E-state index in [0.717, 1.165) is 21.6 Å². The zero-order valence-corrected chi connectivity index (χ0v) is 22.8. The van der Waals surface area contributed by atoms with E-state index in [0.29, 0.717) is 33.3 Å². The summed E-state index contributed by atoms with van der Waals surface area (Å²) in [5.74, 6) is -1.60. The molecule has 4 N–H and O–H groups in total. The summed E-state index contributed by atoms with van der Waals surface area (Å²) in [6.45, 7) is 7.02. The normalized spacial score (nSPS) is 12.0. The predicted octanol–water partition coefficient (Wildman–Crippen LogP) is 4.24. The van der Waals surface area contributed by atoms with Crippen LogP contribution >= 0.6 is 11.3 Å². The van der Waals surface area contributed by atoms with Crippen molar-refractivity contribution in [2.75, 3.05) is 11.9 Å². The Morgan fingerprint density at radius 2 is 1.82 bits per heavy atom. The number of fused-ring (bicyclic) bond motifs is 1. The molecule has 11 nitrogen and oxygen atoms in total. The van der Waals surface area contributed by atoms with Crippen LogP contribution in [0.25, 0.3) is 22.3 Å². The van der Waals surface area contributed by atoms with Crippen molar-refractivity contribution in [3.05, 3.63) is 80.4 Å². The highest BCUT2D eigenvalue weighted by Crippen LogP contribution is 2.32. The second kappa shape index (κ2) is 9.80. The third kappa shape index (κ3) is 4.44. The van der Waals surface area contributed by atoms with Crippen LogP contribution in [0, 0.1) is 27.7 Å². The number of aromatic amines is 1. The third-order valence-electron chi connectivity index (χ3n) is 6.53. The van der Waals surface area contributed by atoms with Crippen LogP contribution in [0.2, 0.25) is 0 Å². The number of nitrogens with two attached hydrogens (primary N) is 1. The number of Topliss-reactive ketones (excluding diaryl/α,β-unsaturated/α-hetero) is 1. The fourth-order valence-electron chi connectivity index (χ4n) is 4.80. The van der Waals surface area contributed by atoms with Crippen molar-refractivity contribution in [3.63, 3.8) is 0 Å². The van der Waals surface area contributed by atoms with Gasteiger partial charge in [-0.05, 0) is 79.6 Å². The molecule has 12 heteroatoms. The number of hydrogen-bond acceptors (Lipinski definition) is 9. The Balaban J connectivity index is 1.56. The monoisotopic (exact) mass is 542 g/mol. The second-order valence-electron chi connectivity index (χ2n) is 9.19. The molecule has 0 aliphatic rings. The van der Waals surface area contributed by atoms with E-state index in [2.05, 4.69) is 25.5 Å². The van der Waals surface area contributed by atoms with Gasteiger partial charge in [-0.2, -0.15) is 4.68 Å². The number of benzene rings is 2. The molecule has 2 aromatic carbocycles. The van der Waals surface area contributed by atoms with Gasteiger partial charge in [0, 0.05) is 29.7 Å². The molecule has 0 amide bonds. The molecule has 0 saturated carbocycles. The predicted molar refractivity (Wildman–Crippen MR) is 150 cm³/mol. The number of thiazole rings is 1. The SMILES string of the molecule is Cc1nc(C)c(/C(N)=C(\C(=O)O)C(=O)c2c(C)cc(-n3nnnc3N(C)c3cccc4[nH]ccc34)cc2C)s1. The Morgan fingerprint density at radius 1 is 1.10 bits per heavy atom. The molecule has 0 fully saturated rings. The fraction of sp³-hybridized carbons (Fsp3) is 0.185. The number of hydrogen-bond donors (Lipinski definition) is 3. The van der Waals surface area contributed by atoms with Gasteiger partial charge in [0.1, 0.15) is 5.57 Å². The zero-order chi connectivity index (χ0) is 28.0. The number of tetrazole rings is 1. The first-order chi connectivity index (χ1) is 18.6. The first-order valence-corrected chi connectivity index (χ1v) is 12.8. The third-order valence-corrected chi connectivity index (χ3v) is 7.64. The number of H-pyrrole nitrogens is 1. The molecule has 5 rings (SSSR count). The lowest BCUT2D eigenvalue weighted by Crippen LogP contribution is -2.20. The Hall–Kier alpha value is -4.84. The fourth-order valence-corrected chi connectivity index (χ4v) is 5.69. The topological polar surface area (TPSA) is 156 Å². The van der Waals surface area contributed by atoms with Gasteiger partial charge in [0.05, 0.1) is 32.7 Å². The molecule has 0 bridgehead atoms. The van der Waals surface area contributed by atoms with Gasteiger partial charge >= 0.3 is 5.97 Å². The lowest BCUT2D eigenvalue weighted by molar-refractivity contribution is -0.132. The van der Waals surface area contributed by atoms with Gasteiger partial charge in [-0.25, -0.2) is 9.78 Å². The number of aromatic nitrogens is 6. The number of aliphatic carboxylic acids is 1. The van der Waals surface area contributed by atoms with E-state index in [4.69, 9.17) is 5.73 Å². The first-order valence-electron chi connectivity index (χ1n) is 12.0. The summed E-state index contributed by atoms with van der Waals surface area (Å²) in [7, 11) is 1.87. The van der Waals surface area contributed by atoms with Gasteiger partial charge in [-0.3, -0.25) is 4.79 Å². The van der Waals surface area contributed by atoms with E-state index >= 15 is 0 Å². The standard InChI is InChI=1S/C27H26N8O3S/c1-13-11-17(35-27(31-32-33-35)34(5)20-8-6-7-19-18(20)9-10-29-19)12-14(2)21(13)24(36)22(26(37)38)23(28)25-15(3)30-16(4)39-25/h6-12,29H,28H2,1-5H3,(H,37,38)/b23-22+. The Labute approximate surface area is 227 Å². The molecule has 0 aliphatic carbocycles. The lowest BCUT2D eigenvalue weighted by atomic mass is 9.92. The molecule has 0 spiro atoms. The van der Waals surface area contributed by atoms with Crippen LogP contribution in [0.15, 0.2) is 48.2 Å². The molecule has 0 atom stereocenters. The maximum atomic E-state index is 13.6. The van der Waals surface area contributed by atoms with Crippen molar-refractivity contribution in [2.45, 2.75) is 27.7 Å². The summed E-state index contributed by atoms with van der Waals surface area (Å²) in [4.78, 5) is 35.7. The van der Waals surface area contributed by atoms with Crippen LogP contribution in [-0.2, 0) is 4.79 Å². The number of ketones is 1. The summed E-state index contributed by atoms with van der Waals surface area (Å²) < 4.78 is 1.57. The van der Waals surface area contributed by atoms with Gasteiger partial charge in [0.15, 0.2) is 0 Å². The van der Waals surface area contributed by atoms with E-state index < -0.39 is 17.3 Å². The van der Waals surface area contributed by atoms with Gasteiger partial charge < -0.3 is 20.7 Å². The van der Waals surface area contributed by atoms with Crippen LogP contribution in [0.4, 0.5) is 11.6 Å². The Morgan fingerprint density at radius 3 is 2.46 bits per heavy atom. The number of carboxylic acid groups (broad SMARTS) is 1. The molecular weight excluding hydrogens is 516 g/mol. The van der Waals surface area contributed by atoms with E-state index in [1.807, 2.05) is 42.4 Å². The van der Waals surface area contributed by atoms with Gasteiger partial charge in [0.25, 0.3) is 5.95 Å². The maximum absolute atomic E-state index is 13.6. The van der Waals surface area contributed by atoms with Crippen LogP contribution in [0.1, 0.15) is 37.1 Å². The minimum atomic E-state index is -1.39. The molecule has 3 aromatic heterocycles. The average Bonchev–Trinajstić information content (AvgIpc) is 3.62. The number of rotatable bonds is 7. The number of carboxylic acids is 1. The minimum absolute atomic E-state index is 0.0956. The van der Waals surface area contributed by atoms with Crippen molar-refractivity contribution in [1.82, 2.24) is 30.2 Å². The number of anilines is 2. The molecule has 39 heavy (non-hydrogen) atoms. The number of carbonyl (C=O) groups excluding carboxylic acids is 1. The summed E-state index contributed by atoms with van der Waals surface area (Å²) in [5, 5.41) is 24.0. The van der Waals surface area contributed by atoms with Crippen LogP contribution in [-0.4, -0.2) is 54.1 Å². The highest BCUT2D eigenvalue weighted by molar-refractivity contribution is 7.12. The van der Waals surface area contributed by atoms with Crippen LogP contribution < -0.4 is 10.6 Å². The summed E-state index contributed by atoms with van der Waals surface area (Å²) >= 11 is 1.25. The van der Waals surface area contributed by atoms with Gasteiger partial charge in [-0.1, -0.05) is 11.2 Å². The lowest BCUT2D eigenvalue weighted by Gasteiger charge is -2.20. The second-order valence-corrected chi connectivity index (χ2v) is 10.4. The largest absolute Gasteiger partial charge is 0.477 e. The van der Waals surface area contributed by atoms with Crippen LogP contribution in [0.3, 0.4) is 0 Å². The quantitative estimate of drug-likeness (QED) is 0.118. The van der Waals surface area contributed by atoms with Crippen molar-refractivity contribution in [3.8, 4) is 5.69 Å². The maximum Gasteiger partial charge on any atom is 0.341 e.